The van der Waals surface area contributed by atoms with Crippen LogP contribution in [0.4, 0.5) is 0 Å². The van der Waals surface area contributed by atoms with Crippen molar-refractivity contribution in [2.24, 2.45) is 17.8 Å². The van der Waals surface area contributed by atoms with Crippen LogP contribution in [-0.2, 0) is 4.74 Å². The van der Waals surface area contributed by atoms with Crippen molar-refractivity contribution < 1.29 is 9.53 Å². The van der Waals surface area contributed by atoms with E-state index >= 15 is 0 Å². The van der Waals surface area contributed by atoms with Crippen LogP contribution in [0.15, 0.2) is 29.1 Å². The fraction of sp³-hybridized carbons (Fsp3) is 0.679. The van der Waals surface area contributed by atoms with E-state index in [0.29, 0.717) is 23.1 Å². The highest BCUT2D eigenvalue weighted by Crippen LogP contribution is 2.65. The first-order chi connectivity index (χ1) is 16.6. The first kappa shape index (κ1) is 21.1. The molecule has 3 heterocycles. The van der Waals surface area contributed by atoms with E-state index in [1.807, 2.05) is 28.8 Å². The van der Waals surface area contributed by atoms with Crippen molar-refractivity contribution in [3.8, 4) is 0 Å². The average Bonchev–Trinajstić information content (AvgIpc) is 3.22. The molecule has 6 aliphatic rings. The molecule has 0 spiro atoms. The van der Waals surface area contributed by atoms with Gasteiger partial charge in [-0.2, -0.15) is 0 Å². The van der Waals surface area contributed by atoms with Crippen molar-refractivity contribution in [1.82, 2.24) is 14.5 Å². The standard InChI is InChI=1S/C28H35N3O3/c1-2-34-27(33)25-26(32)30(24-9-4-3-8-23(24)29-25)22-13-20-6-5-7-21(14-22)31(20)28-15-17-10-18(16-28)12-19(28)11-17/h3-4,8-9,17-22H,2,5-7,10-16H2,1H3. The maximum Gasteiger partial charge on any atom is 0.362 e. The maximum absolute atomic E-state index is 13.7. The molecule has 4 saturated carbocycles. The molecule has 180 valence electrons. The van der Waals surface area contributed by atoms with Crippen LogP contribution in [0, 0.1) is 17.8 Å². The number of para-hydroxylation sites is 2. The normalized spacial score (nSPS) is 38.5. The lowest BCUT2D eigenvalue weighted by atomic mass is 9.73. The van der Waals surface area contributed by atoms with Gasteiger partial charge in [-0.1, -0.05) is 18.6 Å². The predicted molar refractivity (Wildman–Crippen MR) is 130 cm³/mol. The van der Waals surface area contributed by atoms with E-state index in [2.05, 4.69) is 9.88 Å². The number of carbonyl (C=O) groups excluding carboxylic acids is 1. The lowest BCUT2D eigenvalue weighted by Crippen LogP contribution is -2.63. The Balaban J connectivity index is 1.28. The Labute approximate surface area is 200 Å². The van der Waals surface area contributed by atoms with Gasteiger partial charge in [0.1, 0.15) is 0 Å². The van der Waals surface area contributed by atoms with Gasteiger partial charge in [0, 0.05) is 23.7 Å². The number of fused-ring (bicyclic) bond motifs is 3. The third-order valence-electron chi connectivity index (χ3n) is 10.0. The smallest absolute Gasteiger partial charge is 0.362 e. The van der Waals surface area contributed by atoms with Crippen LogP contribution in [0.3, 0.4) is 0 Å². The van der Waals surface area contributed by atoms with Gasteiger partial charge in [-0.25, -0.2) is 9.78 Å². The fourth-order valence-electron chi connectivity index (χ4n) is 9.31. The van der Waals surface area contributed by atoms with Gasteiger partial charge < -0.3 is 9.30 Å². The number of carbonyl (C=O) groups is 1. The minimum Gasteiger partial charge on any atom is -0.461 e. The average molecular weight is 462 g/mol. The van der Waals surface area contributed by atoms with Crippen LogP contribution in [0.5, 0.6) is 0 Å². The van der Waals surface area contributed by atoms with E-state index in [1.165, 1.54) is 51.4 Å². The molecule has 1 aromatic carbocycles. The highest BCUT2D eigenvalue weighted by atomic mass is 16.5. The molecule has 0 N–H and O–H groups in total. The molecule has 6 bridgehead atoms. The monoisotopic (exact) mass is 461 g/mol. The van der Waals surface area contributed by atoms with Gasteiger partial charge in [0.25, 0.3) is 5.56 Å². The Morgan fingerprint density at radius 2 is 1.74 bits per heavy atom. The van der Waals surface area contributed by atoms with Crippen LogP contribution in [-0.4, -0.2) is 44.6 Å². The molecule has 34 heavy (non-hydrogen) atoms. The van der Waals surface area contributed by atoms with Crippen molar-refractivity contribution >= 4 is 17.0 Å². The molecule has 2 aliphatic heterocycles. The Morgan fingerprint density at radius 1 is 1.03 bits per heavy atom. The summed E-state index contributed by atoms with van der Waals surface area (Å²) in [6.45, 7) is 2.00. The van der Waals surface area contributed by atoms with Crippen LogP contribution in [0.25, 0.3) is 11.0 Å². The molecule has 0 amide bonds. The Hall–Kier alpha value is -2.21. The molecule has 2 aromatic rings. The molecule has 6 fully saturated rings. The van der Waals surface area contributed by atoms with Gasteiger partial charge in [-0.15, -0.1) is 0 Å². The molecule has 4 unspecified atom stereocenters. The zero-order valence-corrected chi connectivity index (χ0v) is 20.1. The van der Waals surface area contributed by atoms with Crippen molar-refractivity contribution in [2.75, 3.05) is 6.61 Å². The molecular formula is C28H35N3O3. The largest absolute Gasteiger partial charge is 0.461 e. The summed E-state index contributed by atoms with van der Waals surface area (Å²) in [5, 5.41) is 0. The van der Waals surface area contributed by atoms with Gasteiger partial charge in [0.05, 0.1) is 17.6 Å². The van der Waals surface area contributed by atoms with E-state index in [4.69, 9.17) is 4.74 Å². The molecule has 0 radical (unpaired) electrons. The lowest BCUT2D eigenvalue weighted by molar-refractivity contribution is -0.0816. The van der Waals surface area contributed by atoms with E-state index in [1.54, 1.807) is 6.92 Å². The number of rotatable bonds is 4. The van der Waals surface area contributed by atoms with Crippen molar-refractivity contribution in [2.45, 2.75) is 94.8 Å². The summed E-state index contributed by atoms with van der Waals surface area (Å²) in [5.41, 5.74) is 1.63. The van der Waals surface area contributed by atoms with Gasteiger partial charge in [-0.05, 0) is 94.6 Å². The second-order valence-electron chi connectivity index (χ2n) is 11.8. The number of piperidine rings is 2. The van der Waals surface area contributed by atoms with Gasteiger partial charge >= 0.3 is 5.97 Å². The van der Waals surface area contributed by atoms with E-state index in [9.17, 15) is 9.59 Å². The summed E-state index contributed by atoms with van der Waals surface area (Å²) in [6.07, 6.45) is 13.0. The van der Waals surface area contributed by atoms with Crippen LogP contribution >= 0.6 is 0 Å². The van der Waals surface area contributed by atoms with Crippen molar-refractivity contribution in [3.63, 3.8) is 0 Å². The van der Waals surface area contributed by atoms with E-state index in [-0.39, 0.29) is 23.9 Å². The Morgan fingerprint density at radius 3 is 2.44 bits per heavy atom. The zero-order valence-electron chi connectivity index (χ0n) is 20.1. The molecule has 4 aliphatic carbocycles. The topological polar surface area (TPSA) is 64.4 Å². The SMILES string of the molecule is CCOC(=O)c1nc2ccccc2n(C2CC3CCCC(C2)N3C23CC4CC(CC2C4)C3)c1=O. The van der Waals surface area contributed by atoms with Gasteiger partial charge in [0.15, 0.2) is 0 Å². The molecule has 2 saturated heterocycles. The van der Waals surface area contributed by atoms with Crippen LogP contribution < -0.4 is 5.56 Å². The number of ether oxygens (including phenoxy) is 1. The Bertz CT molecular complexity index is 1180. The summed E-state index contributed by atoms with van der Waals surface area (Å²) in [6, 6.07) is 8.95. The second-order valence-corrected chi connectivity index (χ2v) is 11.8. The Kier molecular flexibility index (Phi) is 4.74. The summed E-state index contributed by atoms with van der Waals surface area (Å²) in [7, 11) is 0. The summed E-state index contributed by atoms with van der Waals surface area (Å²) in [4.78, 5) is 33.7. The van der Waals surface area contributed by atoms with Gasteiger partial charge in [0.2, 0.25) is 5.69 Å². The van der Waals surface area contributed by atoms with E-state index < -0.39 is 5.97 Å². The summed E-state index contributed by atoms with van der Waals surface area (Å²) in [5.74, 6) is 2.20. The van der Waals surface area contributed by atoms with E-state index in [0.717, 1.165) is 36.1 Å². The maximum atomic E-state index is 13.7. The zero-order chi connectivity index (χ0) is 23.0. The minimum absolute atomic E-state index is 0.0709. The van der Waals surface area contributed by atoms with Crippen molar-refractivity contribution in [3.05, 3.63) is 40.3 Å². The number of hydrogen-bond donors (Lipinski definition) is 0. The quantitative estimate of drug-likeness (QED) is 0.617. The third-order valence-corrected chi connectivity index (χ3v) is 10.0. The number of benzene rings is 1. The third kappa shape index (κ3) is 2.93. The number of nitrogens with zero attached hydrogens (tertiary/aromatic N) is 3. The number of aromatic nitrogens is 2. The predicted octanol–water partition coefficient (Wildman–Crippen LogP) is 4.71. The van der Waals surface area contributed by atoms with Crippen LogP contribution in [0.1, 0.15) is 87.7 Å². The second kappa shape index (κ2) is 7.64. The van der Waals surface area contributed by atoms with Crippen LogP contribution in [0.2, 0.25) is 0 Å². The molecule has 8 rings (SSSR count). The summed E-state index contributed by atoms with van der Waals surface area (Å²) >= 11 is 0. The highest BCUT2D eigenvalue weighted by Gasteiger charge is 2.63. The molecule has 6 heteroatoms. The number of hydrogen-bond acceptors (Lipinski definition) is 5. The molecule has 6 nitrogen and oxygen atoms in total. The lowest BCUT2D eigenvalue weighted by Gasteiger charge is -2.58. The first-order valence-electron chi connectivity index (χ1n) is 13.5. The highest BCUT2D eigenvalue weighted by molar-refractivity contribution is 5.89. The van der Waals surface area contributed by atoms with Crippen molar-refractivity contribution in [1.29, 1.82) is 0 Å². The summed E-state index contributed by atoms with van der Waals surface area (Å²) < 4.78 is 7.11. The van der Waals surface area contributed by atoms with Gasteiger partial charge in [-0.3, -0.25) is 9.69 Å². The number of esters is 1. The molecule has 4 atom stereocenters. The molecular weight excluding hydrogens is 426 g/mol. The first-order valence-corrected chi connectivity index (χ1v) is 13.5. The molecule has 1 aromatic heterocycles. The minimum atomic E-state index is -0.609. The fourth-order valence-corrected chi connectivity index (χ4v) is 9.31.